The van der Waals surface area contributed by atoms with Gasteiger partial charge in [-0.3, -0.25) is 9.00 Å². The number of carbonyl (C=O) groups is 2. The van der Waals surface area contributed by atoms with Gasteiger partial charge in [0, 0.05) is 28.4 Å². The summed E-state index contributed by atoms with van der Waals surface area (Å²) in [5.74, 6) is -0.617. The second kappa shape index (κ2) is 7.16. The van der Waals surface area contributed by atoms with Crippen LogP contribution in [0.4, 0.5) is 0 Å². The van der Waals surface area contributed by atoms with E-state index in [9.17, 15) is 13.8 Å². The van der Waals surface area contributed by atoms with Gasteiger partial charge in [-0.25, -0.2) is 4.79 Å². The summed E-state index contributed by atoms with van der Waals surface area (Å²) >= 11 is 0. The number of rotatable bonds is 6. The van der Waals surface area contributed by atoms with Gasteiger partial charge >= 0.3 is 5.97 Å². The number of amides is 1. The van der Waals surface area contributed by atoms with Crippen molar-refractivity contribution in [1.82, 2.24) is 5.32 Å². The van der Waals surface area contributed by atoms with Crippen molar-refractivity contribution in [2.75, 3.05) is 19.1 Å². The summed E-state index contributed by atoms with van der Waals surface area (Å²) in [7, 11) is 0.230. The van der Waals surface area contributed by atoms with Crippen LogP contribution in [-0.4, -0.2) is 41.2 Å². The molecular weight excluding hydrogens is 230 g/mol. The minimum Gasteiger partial charge on any atom is -0.467 e. The molecule has 0 aliphatic heterocycles. The third-order valence-electron chi connectivity index (χ3n) is 1.87. The van der Waals surface area contributed by atoms with Crippen LogP contribution < -0.4 is 5.32 Å². The second-order valence-corrected chi connectivity index (χ2v) is 4.95. The molecule has 16 heavy (non-hydrogen) atoms. The lowest BCUT2D eigenvalue weighted by Gasteiger charge is -2.15. The van der Waals surface area contributed by atoms with Gasteiger partial charge in [0.2, 0.25) is 5.91 Å². The Balaban J connectivity index is 4.43. The Labute approximate surface area is 97.7 Å². The van der Waals surface area contributed by atoms with Crippen molar-refractivity contribution in [3.63, 3.8) is 0 Å². The Bertz CT molecular complexity index is 314. The molecule has 0 fully saturated rings. The van der Waals surface area contributed by atoms with Gasteiger partial charge in [-0.15, -0.1) is 0 Å². The topological polar surface area (TPSA) is 72.5 Å². The zero-order valence-electron chi connectivity index (χ0n) is 9.74. The molecule has 1 unspecified atom stereocenters. The molecule has 0 saturated heterocycles. The fourth-order valence-electron chi connectivity index (χ4n) is 0.956. The first-order valence-electron chi connectivity index (χ1n) is 4.72. The van der Waals surface area contributed by atoms with Gasteiger partial charge in [-0.2, -0.15) is 0 Å². The van der Waals surface area contributed by atoms with Crippen LogP contribution >= 0.6 is 0 Å². The van der Waals surface area contributed by atoms with Crippen LogP contribution in [0.15, 0.2) is 12.2 Å². The van der Waals surface area contributed by atoms with Crippen LogP contribution in [0, 0.1) is 0 Å². The van der Waals surface area contributed by atoms with Crippen molar-refractivity contribution < 1.29 is 18.5 Å². The van der Waals surface area contributed by atoms with Crippen molar-refractivity contribution in [3.05, 3.63) is 12.2 Å². The monoisotopic (exact) mass is 247 g/mol. The maximum atomic E-state index is 11.3. The minimum atomic E-state index is -1.01. The molecule has 0 saturated carbocycles. The minimum absolute atomic E-state index is 0.287. The summed E-state index contributed by atoms with van der Waals surface area (Å²) in [6.45, 7) is 5.01. The predicted octanol–water partition coefficient (Wildman–Crippen LogP) is -0.0111. The van der Waals surface area contributed by atoms with E-state index < -0.39 is 28.7 Å². The molecule has 1 amide bonds. The van der Waals surface area contributed by atoms with Crippen molar-refractivity contribution in [3.8, 4) is 0 Å². The molecule has 0 radical (unpaired) electrons. The summed E-state index contributed by atoms with van der Waals surface area (Å²) in [5, 5.41) is 2.48. The van der Waals surface area contributed by atoms with Crippen LogP contribution in [-0.2, 0) is 25.1 Å². The normalized spacial score (nSPS) is 13.7. The summed E-state index contributed by atoms with van der Waals surface area (Å²) in [6.07, 6.45) is 1.82. The van der Waals surface area contributed by atoms with Crippen molar-refractivity contribution >= 4 is 22.7 Å². The molecule has 0 spiro atoms. The van der Waals surface area contributed by atoms with Crippen LogP contribution in [0.2, 0.25) is 0 Å². The third-order valence-corrected chi connectivity index (χ3v) is 2.68. The highest BCUT2D eigenvalue weighted by atomic mass is 32.2. The van der Waals surface area contributed by atoms with E-state index in [4.69, 9.17) is 0 Å². The average Bonchev–Trinajstić information content (AvgIpc) is 2.22. The SMILES string of the molecule is C=C(C)C(=O)N[C@H](CCS(C)=O)C(=O)OC. The number of hydrogen-bond acceptors (Lipinski definition) is 4. The highest BCUT2D eigenvalue weighted by Gasteiger charge is 2.21. The molecule has 92 valence electrons. The quantitative estimate of drug-likeness (QED) is 0.529. The van der Waals surface area contributed by atoms with Crippen LogP contribution in [0.5, 0.6) is 0 Å². The molecule has 0 aliphatic carbocycles. The molecular formula is C10H17NO4S. The second-order valence-electron chi connectivity index (χ2n) is 3.40. The molecule has 0 aromatic carbocycles. The van der Waals surface area contributed by atoms with Gasteiger partial charge in [0.15, 0.2) is 0 Å². The summed E-state index contributed by atoms with van der Waals surface area (Å²) in [6, 6.07) is -0.766. The van der Waals surface area contributed by atoms with E-state index in [1.54, 1.807) is 6.92 Å². The van der Waals surface area contributed by atoms with Gasteiger partial charge in [0.05, 0.1) is 7.11 Å². The fourth-order valence-corrected chi connectivity index (χ4v) is 1.52. The largest absolute Gasteiger partial charge is 0.467 e. The first-order valence-corrected chi connectivity index (χ1v) is 6.45. The first-order chi connectivity index (χ1) is 7.38. The van der Waals surface area contributed by atoms with Gasteiger partial charge in [-0.05, 0) is 13.3 Å². The lowest BCUT2D eigenvalue weighted by Crippen LogP contribution is -2.42. The van der Waals surface area contributed by atoms with E-state index in [-0.39, 0.29) is 6.42 Å². The number of ether oxygens (including phenoxy) is 1. The maximum Gasteiger partial charge on any atom is 0.328 e. The Kier molecular flexibility index (Phi) is 6.64. The van der Waals surface area contributed by atoms with E-state index in [2.05, 4.69) is 16.6 Å². The Morgan fingerprint density at radius 1 is 1.50 bits per heavy atom. The van der Waals surface area contributed by atoms with Gasteiger partial charge < -0.3 is 10.1 Å². The average molecular weight is 247 g/mol. The third kappa shape index (κ3) is 5.65. The van der Waals surface area contributed by atoms with Crippen LogP contribution in [0.3, 0.4) is 0 Å². The van der Waals surface area contributed by atoms with E-state index in [1.807, 2.05) is 0 Å². The Hall–Kier alpha value is -1.17. The summed E-state index contributed by atoms with van der Waals surface area (Å²) < 4.78 is 15.5. The number of hydrogen-bond donors (Lipinski definition) is 1. The molecule has 1 N–H and O–H groups in total. The van der Waals surface area contributed by atoms with E-state index in [0.29, 0.717) is 11.3 Å². The summed E-state index contributed by atoms with van der Waals surface area (Å²) in [5.41, 5.74) is 0.312. The Morgan fingerprint density at radius 2 is 2.06 bits per heavy atom. The van der Waals surface area contributed by atoms with Crippen LogP contribution in [0.25, 0.3) is 0 Å². The lowest BCUT2D eigenvalue weighted by atomic mass is 10.2. The molecule has 0 rings (SSSR count). The van der Waals surface area contributed by atoms with Crippen LogP contribution in [0.1, 0.15) is 13.3 Å². The molecule has 0 aromatic rings. The zero-order chi connectivity index (χ0) is 12.7. The van der Waals surface area contributed by atoms with Gasteiger partial charge in [0.1, 0.15) is 6.04 Å². The smallest absolute Gasteiger partial charge is 0.328 e. The van der Waals surface area contributed by atoms with E-state index >= 15 is 0 Å². The number of carbonyl (C=O) groups excluding carboxylic acids is 2. The molecule has 0 heterocycles. The van der Waals surface area contributed by atoms with E-state index in [0.717, 1.165) is 0 Å². The molecule has 5 nitrogen and oxygen atoms in total. The summed E-state index contributed by atoms with van der Waals surface area (Å²) in [4.78, 5) is 22.6. The standard InChI is InChI=1S/C10H17NO4S/c1-7(2)9(12)11-8(10(13)15-3)5-6-16(4)14/h8H,1,5-6H2,2-4H3,(H,11,12)/t8-,16?/m1/s1. The Morgan fingerprint density at radius 3 is 2.44 bits per heavy atom. The number of nitrogens with one attached hydrogen (secondary N) is 1. The van der Waals surface area contributed by atoms with Crippen molar-refractivity contribution in [2.24, 2.45) is 0 Å². The molecule has 2 atom stereocenters. The van der Waals surface area contributed by atoms with Gasteiger partial charge in [-0.1, -0.05) is 6.58 Å². The highest BCUT2D eigenvalue weighted by molar-refractivity contribution is 7.84. The van der Waals surface area contributed by atoms with Crippen molar-refractivity contribution in [2.45, 2.75) is 19.4 Å². The van der Waals surface area contributed by atoms with Crippen molar-refractivity contribution in [1.29, 1.82) is 0 Å². The fraction of sp³-hybridized carbons (Fsp3) is 0.600. The van der Waals surface area contributed by atoms with E-state index in [1.165, 1.54) is 13.4 Å². The molecule has 6 heteroatoms. The lowest BCUT2D eigenvalue weighted by molar-refractivity contribution is -0.144. The first kappa shape index (κ1) is 14.8. The number of esters is 1. The van der Waals surface area contributed by atoms with Gasteiger partial charge in [0.25, 0.3) is 0 Å². The maximum absolute atomic E-state index is 11.3. The molecule has 0 aliphatic rings. The highest BCUT2D eigenvalue weighted by Crippen LogP contribution is 1.99. The molecule has 0 bridgehead atoms. The predicted molar refractivity (Wildman–Crippen MR) is 62.3 cm³/mol. The number of methoxy groups -OCH3 is 1. The molecule has 0 aromatic heterocycles. The zero-order valence-corrected chi connectivity index (χ0v) is 10.6.